The molecule has 1 fully saturated rings. The maximum absolute atomic E-state index is 11.7. The van der Waals surface area contributed by atoms with E-state index in [4.69, 9.17) is 0 Å². The van der Waals surface area contributed by atoms with E-state index in [0.29, 0.717) is 11.6 Å². The molecule has 0 radical (unpaired) electrons. The maximum Gasteiger partial charge on any atom is 0.228 e. The van der Waals surface area contributed by atoms with Gasteiger partial charge in [-0.1, -0.05) is 0 Å². The summed E-state index contributed by atoms with van der Waals surface area (Å²) in [6.45, 7) is 3.89. The van der Waals surface area contributed by atoms with E-state index >= 15 is 0 Å². The second kappa shape index (κ2) is 4.46. The fourth-order valence-electron chi connectivity index (χ4n) is 1.97. The Hall–Kier alpha value is -2.24. The maximum atomic E-state index is 11.7. The Labute approximate surface area is 110 Å². The molecule has 2 aromatic heterocycles. The van der Waals surface area contributed by atoms with Gasteiger partial charge in [0.1, 0.15) is 12.1 Å². The molecule has 1 N–H and O–H groups in total. The van der Waals surface area contributed by atoms with Gasteiger partial charge in [0.05, 0.1) is 5.69 Å². The van der Waals surface area contributed by atoms with Gasteiger partial charge in [0.2, 0.25) is 5.91 Å². The van der Waals surface area contributed by atoms with Crippen molar-refractivity contribution in [2.24, 2.45) is 5.92 Å². The first-order valence-electron chi connectivity index (χ1n) is 6.30. The molecule has 1 aliphatic carbocycles. The molecule has 98 valence electrons. The summed E-state index contributed by atoms with van der Waals surface area (Å²) in [5, 5.41) is 7.17. The first-order valence-corrected chi connectivity index (χ1v) is 6.30. The van der Waals surface area contributed by atoms with Crippen molar-refractivity contribution in [3.63, 3.8) is 0 Å². The smallest absolute Gasteiger partial charge is 0.228 e. The van der Waals surface area contributed by atoms with Crippen LogP contribution in [0, 0.1) is 19.8 Å². The Morgan fingerprint density at radius 2 is 2.11 bits per heavy atom. The molecular formula is C13H15N5O. The zero-order valence-electron chi connectivity index (χ0n) is 10.9. The molecule has 0 bridgehead atoms. The zero-order valence-corrected chi connectivity index (χ0v) is 10.9. The third-order valence-electron chi connectivity index (χ3n) is 3.08. The number of amides is 1. The van der Waals surface area contributed by atoms with Crippen molar-refractivity contribution in [1.29, 1.82) is 0 Å². The quantitative estimate of drug-likeness (QED) is 0.907. The topological polar surface area (TPSA) is 72.7 Å². The number of aromatic nitrogens is 4. The molecule has 2 aromatic rings. The number of nitrogens with zero attached hydrogens (tertiary/aromatic N) is 4. The molecule has 1 saturated carbocycles. The Morgan fingerprint density at radius 1 is 1.32 bits per heavy atom. The van der Waals surface area contributed by atoms with E-state index in [0.717, 1.165) is 24.2 Å². The third kappa shape index (κ3) is 2.47. The van der Waals surface area contributed by atoms with Gasteiger partial charge in [-0.25, -0.2) is 14.6 Å². The summed E-state index contributed by atoms with van der Waals surface area (Å²) in [6.07, 6.45) is 3.39. The van der Waals surface area contributed by atoms with Crippen LogP contribution in [0.5, 0.6) is 0 Å². The number of carbonyl (C=O) groups is 1. The highest BCUT2D eigenvalue weighted by atomic mass is 16.2. The van der Waals surface area contributed by atoms with E-state index in [2.05, 4.69) is 20.4 Å². The summed E-state index contributed by atoms with van der Waals surface area (Å²) >= 11 is 0. The summed E-state index contributed by atoms with van der Waals surface area (Å²) in [6, 6.07) is 3.71. The second-order valence-electron chi connectivity index (χ2n) is 4.86. The molecule has 0 aromatic carbocycles. The number of rotatable bonds is 3. The van der Waals surface area contributed by atoms with Crippen molar-refractivity contribution in [3.8, 4) is 5.82 Å². The molecule has 19 heavy (non-hydrogen) atoms. The van der Waals surface area contributed by atoms with E-state index in [1.165, 1.54) is 6.33 Å². The number of hydrogen-bond donors (Lipinski definition) is 1. The van der Waals surface area contributed by atoms with Gasteiger partial charge in [0, 0.05) is 17.7 Å². The Balaban J connectivity index is 1.86. The molecule has 6 heteroatoms. The SMILES string of the molecule is Cc1cc(C)n(-c2cc(NC(=O)C3CC3)ncn2)n1. The van der Waals surface area contributed by atoms with E-state index in [9.17, 15) is 4.79 Å². The normalized spacial score (nSPS) is 14.4. The Kier molecular flexibility index (Phi) is 2.77. The van der Waals surface area contributed by atoms with Gasteiger partial charge >= 0.3 is 0 Å². The Bertz CT molecular complexity index is 630. The fourth-order valence-corrected chi connectivity index (χ4v) is 1.97. The van der Waals surface area contributed by atoms with Crippen LogP contribution < -0.4 is 5.32 Å². The van der Waals surface area contributed by atoms with Crippen molar-refractivity contribution in [2.75, 3.05) is 5.32 Å². The van der Waals surface area contributed by atoms with Crippen LogP contribution in [0.25, 0.3) is 5.82 Å². The van der Waals surface area contributed by atoms with Crippen molar-refractivity contribution in [2.45, 2.75) is 26.7 Å². The predicted octanol–water partition coefficient (Wildman–Crippen LogP) is 1.63. The first kappa shape index (κ1) is 11.8. The van der Waals surface area contributed by atoms with Crippen molar-refractivity contribution < 1.29 is 4.79 Å². The van der Waals surface area contributed by atoms with Gasteiger partial charge in [-0.3, -0.25) is 4.79 Å². The minimum Gasteiger partial charge on any atom is -0.310 e. The summed E-state index contributed by atoms with van der Waals surface area (Å²) in [5.41, 5.74) is 1.93. The lowest BCUT2D eigenvalue weighted by Crippen LogP contribution is -2.15. The van der Waals surface area contributed by atoms with E-state index in [1.807, 2.05) is 19.9 Å². The van der Waals surface area contributed by atoms with Gasteiger partial charge in [-0.05, 0) is 32.8 Å². The minimum absolute atomic E-state index is 0.0398. The molecule has 0 atom stereocenters. The van der Waals surface area contributed by atoms with Gasteiger partial charge in [-0.15, -0.1) is 0 Å². The second-order valence-corrected chi connectivity index (χ2v) is 4.86. The lowest BCUT2D eigenvalue weighted by molar-refractivity contribution is -0.117. The zero-order chi connectivity index (χ0) is 13.4. The predicted molar refractivity (Wildman–Crippen MR) is 70.0 cm³/mol. The van der Waals surface area contributed by atoms with Crippen molar-refractivity contribution in [1.82, 2.24) is 19.7 Å². The van der Waals surface area contributed by atoms with Crippen LogP contribution in [0.2, 0.25) is 0 Å². The van der Waals surface area contributed by atoms with E-state index < -0.39 is 0 Å². The molecule has 3 rings (SSSR count). The van der Waals surface area contributed by atoms with Gasteiger partial charge in [0.25, 0.3) is 0 Å². The highest BCUT2D eigenvalue weighted by Gasteiger charge is 2.29. The van der Waals surface area contributed by atoms with Crippen molar-refractivity contribution in [3.05, 3.63) is 29.8 Å². The van der Waals surface area contributed by atoms with Crippen LogP contribution in [0.4, 0.5) is 5.82 Å². The summed E-state index contributed by atoms with van der Waals surface area (Å²) < 4.78 is 1.74. The number of aryl methyl sites for hydroxylation is 2. The number of hydrogen-bond acceptors (Lipinski definition) is 4. The summed E-state index contributed by atoms with van der Waals surface area (Å²) in [4.78, 5) is 20.0. The van der Waals surface area contributed by atoms with Crippen LogP contribution in [0.3, 0.4) is 0 Å². The number of nitrogens with one attached hydrogen (secondary N) is 1. The summed E-state index contributed by atoms with van der Waals surface area (Å²) in [5.74, 6) is 1.38. The van der Waals surface area contributed by atoms with Gasteiger partial charge in [0.15, 0.2) is 5.82 Å². The van der Waals surface area contributed by atoms with E-state index in [-0.39, 0.29) is 11.8 Å². The highest BCUT2D eigenvalue weighted by Crippen LogP contribution is 2.30. The molecular weight excluding hydrogens is 242 g/mol. The molecule has 1 aliphatic rings. The molecule has 0 spiro atoms. The molecule has 0 unspecified atom stereocenters. The van der Waals surface area contributed by atoms with Gasteiger partial charge in [-0.2, -0.15) is 5.10 Å². The lowest BCUT2D eigenvalue weighted by atomic mass is 10.4. The number of carbonyl (C=O) groups excluding carboxylic acids is 1. The lowest BCUT2D eigenvalue weighted by Gasteiger charge is -2.06. The molecule has 2 heterocycles. The largest absolute Gasteiger partial charge is 0.310 e. The monoisotopic (exact) mass is 257 g/mol. The molecule has 0 saturated heterocycles. The third-order valence-corrected chi connectivity index (χ3v) is 3.08. The first-order chi connectivity index (χ1) is 9.13. The average Bonchev–Trinajstić information content (AvgIpc) is 3.16. The van der Waals surface area contributed by atoms with Crippen molar-refractivity contribution >= 4 is 11.7 Å². The van der Waals surface area contributed by atoms with Crippen LogP contribution in [0.15, 0.2) is 18.5 Å². The molecule has 0 aliphatic heterocycles. The highest BCUT2D eigenvalue weighted by molar-refractivity contribution is 5.93. The average molecular weight is 257 g/mol. The van der Waals surface area contributed by atoms with E-state index in [1.54, 1.807) is 10.7 Å². The van der Waals surface area contributed by atoms with Crippen LogP contribution >= 0.6 is 0 Å². The van der Waals surface area contributed by atoms with Crippen LogP contribution in [0.1, 0.15) is 24.2 Å². The fraction of sp³-hybridized carbons (Fsp3) is 0.385. The number of anilines is 1. The van der Waals surface area contributed by atoms with Gasteiger partial charge < -0.3 is 5.32 Å². The molecule has 6 nitrogen and oxygen atoms in total. The van der Waals surface area contributed by atoms with Crippen LogP contribution in [-0.4, -0.2) is 25.7 Å². The Morgan fingerprint density at radius 3 is 2.74 bits per heavy atom. The standard InChI is InChI=1S/C13H15N5O/c1-8-5-9(2)18(17-8)12-6-11(14-7-15-12)16-13(19)10-3-4-10/h5-7,10H,3-4H2,1-2H3,(H,14,15,16,19). The minimum atomic E-state index is 0.0398. The molecule has 1 amide bonds. The van der Waals surface area contributed by atoms with Crippen LogP contribution in [-0.2, 0) is 4.79 Å². The summed E-state index contributed by atoms with van der Waals surface area (Å²) in [7, 11) is 0.